The second-order valence-corrected chi connectivity index (χ2v) is 18.6. The molecule has 0 spiro atoms. The second-order valence-electron chi connectivity index (χ2n) is 15.7. The van der Waals surface area contributed by atoms with Crippen LogP contribution in [-0.4, -0.2) is 4.98 Å². The van der Waals surface area contributed by atoms with Crippen molar-refractivity contribution in [2.75, 3.05) is 5.01 Å². The van der Waals surface area contributed by atoms with E-state index in [0.29, 0.717) is 47.3 Å². The molecule has 0 bridgehead atoms. The zero-order valence-corrected chi connectivity index (χ0v) is 36.5. The van der Waals surface area contributed by atoms with Gasteiger partial charge in [0, 0.05) is 37.8 Å². The van der Waals surface area contributed by atoms with E-state index >= 15 is 0 Å². The molecule has 0 radical (unpaired) electrons. The van der Waals surface area contributed by atoms with E-state index in [1.807, 2.05) is 27.7 Å². The van der Waals surface area contributed by atoms with Crippen LogP contribution in [0.1, 0.15) is 189 Å². The smallest absolute Gasteiger partial charge is 0.0953 e. The van der Waals surface area contributed by atoms with Crippen LogP contribution < -0.4 is 16.0 Å². The highest BCUT2D eigenvalue weighted by molar-refractivity contribution is 7.12. The van der Waals surface area contributed by atoms with Crippen molar-refractivity contribution >= 4 is 39.7 Å². The van der Waals surface area contributed by atoms with Crippen LogP contribution >= 0.6 is 34.0 Å². The van der Waals surface area contributed by atoms with Crippen molar-refractivity contribution in [3.63, 3.8) is 0 Å². The number of hydrogen-bond acceptors (Lipinski definition) is 7. The van der Waals surface area contributed by atoms with Crippen LogP contribution in [0.4, 0.5) is 5.69 Å². The van der Waals surface area contributed by atoms with Gasteiger partial charge in [-0.05, 0) is 88.3 Å². The lowest BCUT2D eigenvalue weighted by Gasteiger charge is -2.16. The lowest BCUT2D eigenvalue weighted by Crippen LogP contribution is -2.36. The van der Waals surface area contributed by atoms with Gasteiger partial charge < -0.3 is 5.43 Å². The number of benzene rings is 1. The monoisotopic (exact) mass is 736 g/mol. The topological polar surface area (TPSA) is 40.2 Å². The lowest BCUT2D eigenvalue weighted by molar-refractivity contribution is 0.600. The minimum Gasteiger partial charge on any atom is -0.306 e. The van der Waals surface area contributed by atoms with Gasteiger partial charge in [0.1, 0.15) is 0 Å². The maximum atomic E-state index is 4.53. The molecule has 0 fully saturated rings. The summed E-state index contributed by atoms with van der Waals surface area (Å²) in [6.07, 6.45) is 2.11. The fraction of sp³-hybridized carbons (Fsp3) is 0.558. The van der Waals surface area contributed by atoms with Gasteiger partial charge in [-0.1, -0.05) is 123 Å². The van der Waals surface area contributed by atoms with Crippen molar-refractivity contribution in [2.45, 2.75) is 152 Å². The van der Waals surface area contributed by atoms with Gasteiger partial charge in [-0.2, -0.15) is 0 Å². The van der Waals surface area contributed by atoms with Gasteiger partial charge in [0.05, 0.1) is 16.4 Å². The van der Waals surface area contributed by atoms with E-state index in [1.165, 1.54) is 42.2 Å². The molecule has 0 saturated heterocycles. The average Bonchev–Trinajstić information content (AvgIpc) is 3.87. The number of hydrazine groups is 2. The number of allylic oxidation sites excluding steroid dienone is 1. The maximum Gasteiger partial charge on any atom is 0.0953 e. The zero-order valence-electron chi connectivity index (χ0n) is 34.0. The van der Waals surface area contributed by atoms with Crippen molar-refractivity contribution in [1.29, 1.82) is 0 Å². The van der Waals surface area contributed by atoms with Gasteiger partial charge in [-0.25, -0.2) is 4.98 Å². The van der Waals surface area contributed by atoms with Crippen molar-refractivity contribution in [2.24, 2.45) is 5.92 Å². The number of nitrogens with one attached hydrogen (secondary N) is 2. The number of nitrogens with zero attached hydrogens (tertiary/aromatic N) is 2. The van der Waals surface area contributed by atoms with Gasteiger partial charge in [-0.3, -0.25) is 5.01 Å². The number of rotatable bonds is 9. The van der Waals surface area contributed by atoms with Crippen LogP contribution in [-0.2, 0) is 0 Å². The van der Waals surface area contributed by atoms with Crippen molar-refractivity contribution in [1.82, 2.24) is 15.9 Å². The van der Waals surface area contributed by atoms with Crippen molar-refractivity contribution in [3.8, 4) is 0 Å². The summed E-state index contributed by atoms with van der Waals surface area (Å²) in [7, 11) is 0. The molecule has 4 aromatic rings. The van der Waals surface area contributed by atoms with E-state index in [9.17, 15) is 0 Å². The Morgan fingerprint density at radius 2 is 1.06 bits per heavy atom. The molecule has 4 heterocycles. The molecule has 0 atom stereocenters. The molecule has 0 unspecified atom stereocenters. The van der Waals surface area contributed by atoms with E-state index in [1.54, 1.807) is 11.3 Å². The molecule has 1 aliphatic heterocycles. The molecule has 1 aromatic carbocycles. The third-order valence-electron chi connectivity index (χ3n) is 8.34. The van der Waals surface area contributed by atoms with Crippen LogP contribution in [0, 0.1) is 5.92 Å². The Morgan fingerprint density at radius 1 is 0.520 bits per heavy atom. The third-order valence-corrected chi connectivity index (χ3v) is 12.4. The predicted molar refractivity (Wildman–Crippen MR) is 227 cm³/mol. The Bertz CT molecular complexity index is 1340. The highest BCUT2D eigenvalue weighted by atomic mass is 32.1. The fourth-order valence-corrected chi connectivity index (χ4v) is 7.68. The summed E-state index contributed by atoms with van der Waals surface area (Å²) < 4.78 is 0. The average molecular weight is 737 g/mol. The van der Waals surface area contributed by atoms with Gasteiger partial charge >= 0.3 is 0 Å². The summed E-state index contributed by atoms with van der Waals surface area (Å²) in [5, 5.41) is 7.72. The molecular formula is C43H68N4S3. The molecule has 0 saturated carbocycles. The molecule has 50 heavy (non-hydrogen) atoms. The molecule has 7 heteroatoms. The Kier molecular flexibility index (Phi) is 18.5. The summed E-state index contributed by atoms with van der Waals surface area (Å²) in [5.74, 6) is 4.97. The highest BCUT2D eigenvalue weighted by Crippen LogP contribution is 2.29. The summed E-state index contributed by atoms with van der Waals surface area (Å²) >= 11 is 5.61. The molecular weight excluding hydrogens is 669 g/mol. The highest BCUT2D eigenvalue weighted by Gasteiger charge is 2.15. The van der Waals surface area contributed by atoms with E-state index in [4.69, 9.17) is 0 Å². The van der Waals surface area contributed by atoms with Crippen LogP contribution in [0.5, 0.6) is 0 Å². The lowest BCUT2D eigenvalue weighted by atomic mass is 10.0. The fourth-order valence-electron chi connectivity index (χ4n) is 4.57. The van der Waals surface area contributed by atoms with Crippen LogP contribution in [0.2, 0.25) is 0 Å². The van der Waals surface area contributed by atoms with Crippen LogP contribution in [0.25, 0.3) is 0 Å². The molecule has 4 nitrogen and oxygen atoms in total. The first-order valence-electron chi connectivity index (χ1n) is 18.7. The number of aromatic nitrogens is 1. The molecule has 1 aliphatic rings. The first kappa shape index (κ1) is 43.7. The minimum absolute atomic E-state index is 0.502. The molecule has 0 amide bonds. The standard InChI is InChI=1S/C14H21N3.2C10H16S.C9H15NS/c1-10(2)12-5-7-13(8-6-12)17-9-14(11(3)4)15-16-17;1-7(2)9-5-10(8(3)4)11-6-9;1-7(2)9-5-6-10(11-9)8(3)4;1-6(2)8-5-11-9(10-8)7(3)4/h5-11,15-16H,1-4H3;2*5-8H,1-4H3;5-7H,1-4H3. The SMILES string of the molecule is CC(C)C1=CN(c2ccc(C(C)C)cc2)NN1.CC(C)c1ccc(C(C)C)s1.CC(C)c1csc(C(C)C)c1.CC(C)c1csc(C(C)C)n1. The molecule has 2 N–H and O–H groups in total. The summed E-state index contributed by atoms with van der Waals surface area (Å²) in [6, 6.07) is 15.5. The Labute approximate surface area is 318 Å². The molecule has 5 rings (SSSR count). The third kappa shape index (κ3) is 14.3. The number of hydrogen-bond donors (Lipinski definition) is 2. The predicted octanol–water partition coefficient (Wildman–Crippen LogP) is 14.5. The van der Waals surface area contributed by atoms with E-state index < -0.39 is 0 Å². The summed E-state index contributed by atoms with van der Waals surface area (Å²) in [5.41, 5.74) is 12.8. The quantitative estimate of drug-likeness (QED) is 0.179. The van der Waals surface area contributed by atoms with Crippen LogP contribution in [0.15, 0.2) is 65.1 Å². The molecule has 278 valence electrons. The second kappa shape index (κ2) is 21.2. The van der Waals surface area contributed by atoms with Gasteiger partial charge in [0.2, 0.25) is 0 Å². The number of thiazole rings is 1. The first-order valence-corrected chi connectivity index (χ1v) is 21.2. The van der Waals surface area contributed by atoms with E-state index in [0.717, 1.165) is 5.69 Å². The number of thiophene rings is 2. The zero-order chi connectivity index (χ0) is 37.7. The number of anilines is 1. The normalized spacial score (nSPS) is 12.8. The van der Waals surface area contributed by atoms with Crippen molar-refractivity contribution < 1.29 is 0 Å². The van der Waals surface area contributed by atoms with Gasteiger partial charge in [0.25, 0.3) is 0 Å². The van der Waals surface area contributed by atoms with Crippen LogP contribution in [0.3, 0.4) is 0 Å². The maximum absolute atomic E-state index is 4.53. The van der Waals surface area contributed by atoms with E-state index in [2.05, 4.69) is 186 Å². The molecule has 3 aromatic heterocycles. The van der Waals surface area contributed by atoms with Gasteiger partial charge in [0.15, 0.2) is 0 Å². The Morgan fingerprint density at radius 3 is 1.38 bits per heavy atom. The Hall–Kier alpha value is -2.45. The summed E-state index contributed by atoms with van der Waals surface area (Å²) in [4.78, 5) is 9.05. The largest absolute Gasteiger partial charge is 0.306 e. The van der Waals surface area contributed by atoms with Gasteiger partial charge in [-0.15, -0.1) is 39.5 Å². The minimum atomic E-state index is 0.502. The van der Waals surface area contributed by atoms with E-state index in [-0.39, 0.29) is 0 Å². The molecule has 0 aliphatic carbocycles. The first-order chi connectivity index (χ1) is 23.4. The summed E-state index contributed by atoms with van der Waals surface area (Å²) in [6.45, 7) is 35.5. The Balaban J connectivity index is 0.000000237. The van der Waals surface area contributed by atoms with Crippen molar-refractivity contribution in [3.05, 3.63) is 102 Å².